The molecule has 0 aliphatic heterocycles. The van der Waals surface area contributed by atoms with E-state index in [1.165, 1.54) is 12.3 Å². The van der Waals surface area contributed by atoms with Crippen LogP contribution in [0, 0.1) is 6.92 Å². The van der Waals surface area contributed by atoms with Gasteiger partial charge in [0.1, 0.15) is 5.69 Å². The molecule has 5 nitrogen and oxygen atoms in total. The van der Waals surface area contributed by atoms with Crippen LogP contribution in [0.15, 0.2) is 55.0 Å². The number of hydrogen-bond donors (Lipinski definition) is 1. The maximum absolute atomic E-state index is 12.8. The van der Waals surface area contributed by atoms with Crippen molar-refractivity contribution in [3.05, 3.63) is 66.3 Å². The number of hydrogen-bond acceptors (Lipinski definition) is 4. The molecule has 3 rings (SSSR count). The van der Waals surface area contributed by atoms with Crippen molar-refractivity contribution in [3.63, 3.8) is 0 Å². The summed E-state index contributed by atoms with van der Waals surface area (Å²) in [5.41, 5.74) is 4.36. The van der Waals surface area contributed by atoms with Gasteiger partial charge in [-0.15, -0.1) is 0 Å². The Balaban J connectivity index is 1.89. The van der Waals surface area contributed by atoms with Crippen molar-refractivity contribution in [3.8, 4) is 11.1 Å². The second-order valence-corrected chi connectivity index (χ2v) is 6.55. The lowest BCUT2D eigenvalue weighted by molar-refractivity contribution is 0.146. The van der Waals surface area contributed by atoms with E-state index in [-0.39, 0.29) is 17.7 Å². The van der Waals surface area contributed by atoms with Crippen molar-refractivity contribution in [1.29, 1.82) is 0 Å². The summed E-state index contributed by atoms with van der Waals surface area (Å²) in [5, 5.41) is 7.42. The first-order chi connectivity index (χ1) is 12.8. The quantitative estimate of drug-likeness (QED) is 0.586. The van der Waals surface area contributed by atoms with E-state index in [9.17, 15) is 8.78 Å². The van der Waals surface area contributed by atoms with Crippen LogP contribution in [0.2, 0.25) is 0 Å². The van der Waals surface area contributed by atoms with E-state index in [0.29, 0.717) is 0 Å². The van der Waals surface area contributed by atoms with Gasteiger partial charge < -0.3 is 5.32 Å². The third-order valence-electron chi connectivity index (χ3n) is 4.28. The van der Waals surface area contributed by atoms with E-state index in [2.05, 4.69) is 27.0 Å². The lowest BCUT2D eigenvalue weighted by atomic mass is 10.1. The average molecular weight is 369 g/mol. The van der Waals surface area contributed by atoms with E-state index in [1.807, 2.05) is 49.8 Å². The predicted octanol–water partition coefficient (Wildman–Crippen LogP) is 5.47. The molecule has 140 valence electrons. The van der Waals surface area contributed by atoms with Crippen molar-refractivity contribution in [1.82, 2.24) is 19.7 Å². The molecule has 0 bridgehead atoms. The molecular formula is C20H21F2N5. The number of nitrogens with zero attached hydrogens (tertiary/aromatic N) is 4. The van der Waals surface area contributed by atoms with Gasteiger partial charge in [-0.25, -0.2) is 18.7 Å². The highest BCUT2D eigenvalue weighted by atomic mass is 19.3. The molecule has 0 radical (unpaired) electrons. The Morgan fingerprint density at radius 3 is 2.70 bits per heavy atom. The maximum atomic E-state index is 12.8. The van der Waals surface area contributed by atoms with Gasteiger partial charge in [0, 0.05) is 23.6 Å². The highest BCUT2D eigenvalue weighted by Crippen LogP contribution is 2.27. The fourth-order valence-electron chi connectivity index (χ4n) is 2.63. The Bertz CT molecular complexity index is 965. The van der Waals surface area contributed by atoms with Gasteiger partial charge in [0.2, 0.25) is 5.95 Å². The Hall–Kier alpha value is -3.09. The molecule has 0 spiro atoms. The molecule has 0 amide bonds. The molecule has 1 aromatic carbocycles. The monoisotopic (exact) mass is 369 g/mol. The minimum Gasteiger partial charge on any atom is -0.324 e. The van der Waals surface area contributed by atoms with Crippen molar-refractivity contribution >= 4 is 11.6 Å². The van der Waals surface area contributed by atoms with Crippen LogP contribution in [0.5, 0.6) is 0 Å². The Morgan fingerprint density at radius 2 is 2.00 bits per heavy atom. The van der Waals surface area contributed by atoms with Crippen molar-refractivity contribution in [2.45, 2.75) is 33.2 Å². The van der Waals surface area contributed by atoms with Crippen LogP contribution in [0.3, 0.4) is 0 Å². The van der Waals surface area contributed by atoms with E-state index < -0.39 is 6.43 Å². The molecule has 0 saturated carbocycles. The molecule has 7 heteroatoms. The topological polar surface area (TPSA) is 55.6 Å². The first-order valence-electron chi connectivity index (χ1n) is 8.53. The molecule has 1 N–H and O–H groups in total. The van der Waals surface area contributed by atoms with Crippen LogP contribution >= 0.6 is 0 Å². The molecule has 3 aromatic rings. The number of rotatable bonds is 6. The van der Waals surface area contributed by atoms with Crippen LogP contribution in [-0.4, -0.2) is 19.7 Å². The highest BCUT2D eigenvalue weighted by Gasteiger charge is 2.12. The molecule has 1 atom stereocenters. The summed E-state index contributed by atoms with van der Waals surface area (Å²) in [6, 6.07) is 7.16. The van der Waals surface area contributed by atoms with Gasteiger partial charge in [0.05, 0.1) is 12.2 Å². The largest absolute Gasteiger partial charge is 0.324 e. The third-order valence-corrected chi connectivity index (χ3v) is 4.28. The smallest absolute Gasteiger partial charge is 0.280 e. The number of alkyl halides is 2. The summed E-state index contributed by atoms with van der Waals surface area (Å²) < 4.78 is 27.5. The van der Waals surface area contributed by atoms with E-state index in [4.69, 9.17) is 0 Å². The van der Waals surface area contributed by atoms with Crippen molar-refractivity contribution in [2.24, 2.45) is 0 Å². The third kappa shape index (κ3) is 4.36. The second-order valence-electron chi connectivity index (χ2n) is 6.55. The lowest BCUT2D eigenvalue weighted by Crippen LogP contribution is -2.05. The van der Waals surface area contributed by atoms with Gasteiger partial charge in [0.15, 0.2) is 0 Å². The molecule has 0 aliphatic carbocycles. The van der Waals surface area contributed by atoms with Crippen LogP contribution in [0.4, 0.5) is 20.4 Å². The minimum absolute atomic E-state index is 0.103. The summed E-state index contributed by atoms with van der Waals surface area (Å²) in [4.78, 5) is 7.86. The van der Waals surface area contributed by atoms with Crippen molar-refractivity contribution < 1.29 is 8.78 Å². The van der Waals surface area contributed by atoms with Crippen LogP contribution in [-0.2, 0) is 0 Å². The summed E-state index contributed by atoms with van der Waals surface area (Å²) in [6.07, 6.45) is 2.44. The summed E-state index contributed by atoms with van der Waals surface area (Å²) >= 11 is 0. The maximum Gasteiger partial charge on any atom is 0.280 e. The number of nitrogens with one attached hydrogen (secondary N) is 1. The zero-order valence-electron chi connectivity index (χ0n) is 15.4. The first kappa shape index (κ1) is 18.7. The first-order valence-corrected chi connectivity index (χ1v) is 8.53. The molecule has 2 heterocycles. The molecule has 27 heavy (non-hydrogen) atoms. The Morgan fingerprint density at radius 1 is 1.22 bits per heavy atom. The molecule has 1 unspecified atom stereocenters. The van der Waals surface area contributed by atoms with Gasteiger partial charge >= 0.3 is 0 Å². The van der Waals surface area contributed by atoms with Crippen LogP contribution in [0.25, 0.3) is 11.1 Å². The number of allylic oxidation sites excluding steroid dienone is 1. The van der Waals surface area contributed by atoms with E-state index in [1.54, 1.807) is 6.20 Å². The number of aromatic nitrogens is 4. The highest BCUT2D eigenvalue weighted by molar-refractivity contribution is 5.70. The van der Waals surface area contributed by atoms with Crippen LogP contribution in [0.1, 0.15) is 37.6 Å². The number of anilines is 2. The SMILES string of the molecule is C=C(C)C(C)n1cc(-c2cc(C)cc(Nc3nccc(C(F)F)n3)c2)cn1. The Kier molecular flexibility index (Phi) is 5.30. The predicted molar refractivity (Wildman–Crippen MR) is 102 cm³/mol. The number of aryl methyl sites for hydroxylation is 1. The summed E-state index contributed by atoms with van der Waals surface area (Å²) in [5.74, 6) is 0.135. The molecular weight excluding hydrogens is 348 g/mol. The summed E-state index contributed by atoms with van der Waals surface area (Å²) in [6.45, 7) is 9.94. The molecule has 0 fully saturated rings. The van der Waals surface area contributed by atoms with Gasteiger partial charge in [-0.3, -0.25) is 4.68 Å². The van der Waals surface area contributed by atoms with Crippen molar-refractivity contribution in [2.75, 3.05) is 5.32 Å². The minimum atomic E-state index is -2.64. The zero-order valence-corrected chi connectivity index (χ0v) is 15.4. The van der Waals surface area contributed by atoms with Crippen LogP contribution < -0.4 is 5.32 Å². The fraction of sp³-hybridized carbons (Fsp3) is 0.250. The fourth-order valence-corrected chi connectivity index (χ4v) is 2.63. The van der Waals surface area contributed by atoms with Gasteiger partial charge in [-0.1, -0.05) is 18.2 Å². The number of halogens is 2. The van der Waals surface area contributed by atoms with Gasteiger partial charge in [-0.2, -0.15) is 5.10 Å². The second kappa shape index (κ2) is 7.65. The standard InChI is InChI=1S/C20H21F2N5/c1-12(2)14(4)27-11-16(10-24-27)15-7-13(3)8-17(9-15)25-20-23-6-5-18(26-20)19(21)22/h5-11,14,19H,1H2,2-4H3,(H,23,25,26). The number of benzene rings is 1. The van der Waals surface area contributed by atoms with E-state index >= 15 is 0 Å². The molecule has 0 saturated heterocycles. The van der Waals surface area contributed by atoms with Gasteiger partial charge in [0.25, 0.3) is 6.43 Å². The molecule has 2 aromatic heterocycles. The van der Waals surface area contributed by atoms with Gasteiger partial charge in [-0.05, 0) is 50.1 Å². The normalized spacial score (nSPS) is 12.2. The average Bonchev–Trinajstić information content (AvgIpc) is 3.10. The van der Waals surface area contributed by atoms with E-state index in [0.717, 1.165) is 28.0 Å². The molecule has 0 aliphatic rings. The zero-order chi connectivity index (χ0) is 19.6. The lowest BCUT2D eigenvalue weighted by Gasteiger charge is -2.11. The summed E-state index contributed by atoms with van der Waals surface area (Å²) in [7, 11) is 0. The Labute approximate surface area is 156 Å².